The van der Waals surface area contributed by atoms with Crippen molar-refractivity contribution in [2.75, 3.05) is 20.2 Å². The number of nitrogens with zero attached hydrogens (tertiary/aromatic N) is 1. The molecule has 0 radical (unpaired) electrons. The molecule has 0 fully saturated rings. The lowest BCUT2D eigenvalue weighted by atomic mass is 10.2. The first kappa shape index (κ1) is 16.1. The van der Waals surface area contributed by atoms with Crippen LogP contribution in [0.15, 0.2) is 48.5 Å². The third kappa shape index (κ3) is 3.95. The maximum atomic E-state index is 12.9. The Bertz CT molecular complexity index is 706. The van der Waals surface area contributed by atoms with E-state index in [9.17, 15) is 9.18 Å². The molecule has 0 unspecified atom stereocenters. The number of carbonyl (C=O) groups excluding carboxylic acids is 1. The van der Waals surface area contributed by atoms with E-state index in [1.165, 1.54) is 17.0 Å². The first-order valence-electron chi connectivity index (χ1n) is 7.74. The number of rotatable bonds is 4. The topological polar surface area (TPSA) is 50.8 Å². The van der Waals surface area contributed by atoms with E-state index >= 15 is 0 Å². The molecule has 5 nitrogen and oxygen atoms in total. The number of fused-ring (bicyclic) bond motifs is 1. The zero-order valence-corrected chi connectivity index (χ0v) is 13.4. The van der Waals surface area contributed by atoms with Gasteiger partial charge in [-0.1, -0.05) is 24.3 Å². The zero-order chi connectivity index (χ0) is 16.9. The van der Waals surface area contributed by atoms with Gasteiger partial charge in [-0.3, -0.25) is 0 Å². The lowest BCUT2D eigenvalue weighted by molar-refractivity contribution is 0.0904. The van der Waals surface area contributed by atoms with Crippen LogP contribution in [0.3, 0.4) is 0 Å². The van der Waals surface area contributed by atoms with Gasteiger partial charge in [0.1, 0.15) is 12.4 Å². The number of halogens is 1. The second-order valence-corrected chi connectivity index (χ2v) is 5.67. The first-order chi connectivity index (χ1) is 11.6. The molecule has 2 aromatic carbocycles. The Morgan fingerprint density at radius 2 is 1.92 bits per heavy atom. The van der Waals surface area contributed by atoms with Crippen LogP contribution in [-0.4, -0.2) is 37.2 Å². The van der Waals surface area contributed by atoms with E-state index in [0.717, 1.165) is 5.56 Å². The lowest BCUT2D eigenvalue weighted by Crippen LogP contribution is -2.44. The predicted octanol–water partition coefficient (Wildman–Crippen LogP) is 2.81. The molecule has 1 aliphatic rings. The van der Waals surface area contributed by atoms with Gasteiger partial charge in [0.25, 0.3) is 0 Å². The molecule has 0 saturated carbocycles. The van der Waals surface area contributed by atoms with Crippen LogP contribution >= 0.6 is 0 Å². The highest BCUT2D eigenvalue weighted by Gasteiger charge is 2.21. The fourth-order valence-corrected chi connectivity index (χ4v) is 2.44. The minimum atomic E-state index is -0.291. The van der Waals surface area contributed by atoms with Gasteiger partial charge >= 0.3 is 6.03 Å². The molecule has 0 bridgehead atoms. The van der Waals surface area contributed by atoms with Gasteiger partial charge in [0, 0.05) is 13.6 Å². The zero-order valence-electron chi connectivity index (χ0n) is 13.4. The van der Waals surface area contributed by atoms with Crippen molar-refractivity contribution in [2.24, 2.45) is 0 Å². The van der Waals surface area contributed by atoms with Crippen molar-refractivity contribution < 1.29 is 18.7 Å². The van der Waals surface area contributed by atoms with Crippen molar-refractivity contribution in [1.82, 2.24) is 10.2 Å². The summed E-state index contributed by atoms with van der Waals surface area (Å²) < 4.78 is 24.3. The largest absolute Gasteiger partial charge is 0.486 e. The van der Waals surface area contributed by atoms with E-state index in [0.29, 0.717) is 31.2 Å². The van der Waals surface area contributed by atoms with Crippen LogP contribution in [0, 0.1) is 5.82 Å². The van der Waals surface area contributed by atoms with E-state index < -0.39 is 0 Å². The fourth-order valence-electron chi connectivity index (χ4n) is 2.44. The van der Waals surface area contributed by atoms with Crippen LogP contribution in [0.2, 0.25) is 0 Å². The molecular formula is C18H19FN2O3. The van der Waals surface area contributed by atoms with E-state index in [1.54, 1.807) is 19.2 Å². The molecule has 126 valence electrons. The van der Waals surface area contributed by atoms with E-state index in [4.69, 9.17) is 9.47 Å². The van der Waals surface area contributed by atoms with Gasteiger partial charge in [0.2, 0.25) is 0 Å². The number of hydrogen-bond donors (Lipinski definition) is 1. The molecule has 2 amide bonds. The standard InChI is InChI=1S/C18H19FN2O3/c1-21(11-13-6-8-14(19)9-7-13)18(22)20-10-15-12-23-16-4-2-3-5-17(16)24-15/h2-9,15H,10-12H2,1H3,(H,20,22)/t15-/m1/s1. The fraction of sp³-hybridized carbons (Fsp3) is 0.278. The van der Waals surface area contributed by atoms with Crippen LogP contribution < -0.4 is 14.8 Å². The average molecular weight is 330 g/mol. The van der Waals surface area contributed by atoms with Crippen LogP contribution in [0.4, 0.5) is 9.18 Å². The number of hydrogen-bond acceptors (Lipinski definition) is 3. The predicted molar refractivity (Wildman–Crippen MR) is 87.6 cm³/mol. The Morgan fingerprint density at radius 3 is 2.67 bits per heavy atom. The monoisotopic (exact) mass is 330 g/mol. The Morgan fingerprint density at radius 1 is 1.21 bits per heavy atom. The molecule has 0 saturated heterocycles. The molecule has 0 aliphatic carbocycles. The van der Waals surface area contributed by atoms with Crippen molar-refractivity contribution >= 4 is 6.03 Å². The van der Waals surface area contributed by atoms with Crippen molar-refractivity contribution in [1.29, 1.82) is 0 Å². The van der Waals surface area contributed by atoms with Crippen molar-refractivity contribution in [3.8, 4) is 11.5 Å². The number of benzene rings is 2. The van der Waals surface area contributed by atoms with Gasteiger partial charge in [-0.15, -0.1) is 0 Å². The van der Waals surface area contributed by atoms with E-state index in [-0.39, 0.29) is 18.0 Å². The smallest absolute Gasteiger partial charge is 0.317 e. The maximum Gasteiger partial charge on any atom is 0.317 e. The SMILES string of the molecule is CN(Cc1ccc(F)cc1)C(=O)NC[C@@H]1COc2ccccc2O1. The summed E-state index contributed by atoms with van der Waals surface area (Å²) in [7, 11) is 1.69. The highest BCUT2D eigenvalue weighted by molar-refractivity contribution is 5.73. The quantitative estimate of drug-likeness (QED) is 0.938. The van der Waals surface area contributed by atoms with Gasteiger partial charge < -0.3 is 19.7 Å². The van der Waals surface area contributed by atoms with E-state index in [2.05, 4.69) is 5.32 Å². The summed E-state index contributed by atoms with van der Waals surface area (Å²) in [4.78, 5) is 13.7. The molecular weight excluding hydrogens is 311 g/mol. The molecule has 1 heterocycles. The summed E-state index contributed by atoms with van der Waals surface area (Å²) in [5, 5.41) is 2.82. The van der Waals surface area contributed by atoms with E-state index in [1.807, 2.05) is 24.3 Å². The van der Waals surface area contributed by atoms with Gasteiger partial charge in [-0.25, -0.2) is 9.18 Å². The van der Waals surface area contributed by atoms with Crippen molar-refractivity contribution in [3.63, 3.8) is 0 Å². The molecule has 2 aromatic rings. The molecule has 0 aromatic heterocycles. The van der Waals surface area contributed by atoms with Crippen LogP contribution in [0.1, 0.15) is 5.56 Å². The first-order valence-corrected chi connectivity index (χ1v) is 7.74. The number of ether oxygens (including phenoxy) is 2. The second kappa shape index (κ2) is 7.21. The number of para-hydroxylation sites is 2. The van der Waals surface area contributed by atoms with Crippen LogP contribution in [0.5, 0.6) is 11.5 Å². The molecule has 6 heteroatoms. The highest BCUT2D eigenvalue weighted by Crippen LogP contribution is 2.30. The minimum Gasteiger partial charge on any atom is -0.486 e. The summed E-state index contributed by atoms with van der Waals surface area (Å²) in [5.41, 5.74) is 0.861. The number of amides is 2. The lowest BCUT2D eigenvalue weighted by Gasteiger charge is -2.27. The summed E-state index contributed by atoms with van der Waals surface area (Å²) >= 11 is 0. The summed E-state index contributed by atoms with van der Waals surface area (Å²) in [6.45, 7) is 1.14. The second-order valence-electron chi connectivity index (χ2n) is 5.67. The highest BCUT2D eigenvalue weighted by atomic mass is 19.1. The summed E-state index contributed by atoms with van der Waals surface area (Å²) in [6.07, 6.45) is -0.233. The maximum absolute atomic E-state index is 12.9. The third-order valence-electron chi connectivity index (χ3n) is 3.73. The Balaban J connectivity index is 1.48. The van der Waals surface area contributed by atoms with Crippen LogP contribution in [-0.2, 0) is 6.54 Å². The Kier molecular flexibility index (Phi) is 4.84. The van der Waals surface area contributed by atoms with Gasteiger partial charge in [-0.05, 0) is 29.8 Å². The molecule has 0 spiro atoms. The number of carbonyl (C=O) groups is 1. The molecule has 24 heavy (non-hydrogen) atoms. The van der Waals surface area contributed by atoms with Gasteiger partial charge in [-0.2, -0.15) is 0 Å². The molecule has 1 aliphatic heterocycles. The molecule has 3 rings (SSSR count). The number of nitrogens with one attached hydrogen (secondary N) is 1. The molecule has 1 atom stereocenters. The summed E-state index contributed by atoms with van der Waals surface area (Å²) in [6, 6.07) is 13.3. The summed E-state index contributed by atoms with van der Waals surface area (Å²) in [5.74, 6) is 1.11. The Hall–Kier alpha value is -2.76. The molecule has 1 N–H and O–H groups in total. The minimum absolute atomic E-state index is 0.221. The Labute approximate surface area is 140 Å². The van der Waals surface area contributed by atoms with Crippen molar-refractivity contribution in [3.05, 3.63) is 59.9 Å². The normalized spacial score (nSPS) is 15.7. The number of urea groups is 1. The van der Waals surface area contributed by atoms with Gasteiger partial charge in [0.15, 0.2) is 17.6 Å². The van der Waals surface area contributed by atoms with Crippen molar-refractivity contribution in [2.45, 2.75) is 12.6 Å². The third-order valence-corrected chi connectivity index (χ3v) is 3.73. The van der Waals surface area contributed by atoms with Crippen LogP contribution in [0.25, 0.3) is 0 Å². The average Bonchev–Trinajstić information content (AvgIpc) is 2.61. The van der Waals surface area contributed by atoms with Gasteiger partial charge in [0.05, 0.1) is 6.54 Å².